The maximum absolute atomic E-state index is 12.7. The van der Waals surface area contributed by atoms with Crippen LogP contribution < -0.4 is 5.32 Å². The molecule has 6 heteroatoms. The molecule has 2 aromatic rings. The van der Waals surface area contributed by atoms with Crippen molar-refractivity contribution >= 4 is 11.8 Å². The van der Waals surface area contributed by atoms with Gasteiger partial charge in [-0.1, -0.05) is 24.3 Å². The molecule has 1 aromatic heterocycles. The minimum atomic E-state index is -0.296. The molecule has 1 aromatic carbocycles. The van der Waals surface area contributed by atoms with Crippen LogP contribution in [0.5, 0.6) is 0 Å². The number of likely N-dealkylation sites (tertiary alicyclic amines) is 1. The smallest absolute Gasteiger partial charge is 0.225 e. The topological polar surface area (TPSA) is 65.8 Å². The highest BCUT2D eigenvalue weighted by Gasteiger charge is 2.36. The number of amides is 2. The van der Waals surface area contributed by atoms with Crippen LogP contribution in [0.3, 0.4) is 0 Å². The lowest BCUT2D eigenvalue weighted by Crippen LogP contribution is -2.53. The van der Waals surface area contributed by atoms with Gasteiger partial charge in [-0.3, -0.25) is 14.5 Å². The number of furan rings is 1. The van der Waals surface area contributed by atoms with Gasteiger partial charge in [0.25, 0.3) is 0 Å². The lowest BCUT2D eigenvalue weighted by molar-refractivity contribution is -0.129. The van der Waals surface area contributed by atoms with Crippen molar-refractivity contribution in [3.63, 3.8) is 0 Å². The highest BCUT2D eigenvalue weighted by molar-refractivity contribution is 5.89. The molecule has 2 aliphatic heterocycles. The number of hydrogen-bond acceptors (Lipinski definition) is 4. The van der Waals surface area contributed by atoms with Gasteiger partial charge in [0.2, 0.25) is 11.8 Å². The Morgan fingerprint density at radius 1 is 1.21 bits per heavy atom. The van der Waals surface area contributed by atoms with Crippen molar-refractivity contribution in [2.75, 3.05) is 19.6 Å². The van der Waals surface area contributed by atoms with Crippen molar-refractivity contribution in [2.45, 2.75) is 45.3 Å². The molecule has 0 saturated carbocycles. The molecule has 0 aliphatic carbocycles. The molecule has 29 heavy (non-hydrogen) atoms. The predicted molar refractivity (Wildman–Crippen MR) is 110 cm³/mol. The van der Waals surface area contributed by atoms with Crippen LogP contribution >= 0.6 is 0 Å². The molecule has 0 bridgehead atoms. The number of rotatable bonds is 6. The summed E-state index contributed by atoms with van der Waals surface area (Å²) in [6, 6.07) is 12.2. The van der Waals surface area contributed by atoms with E-state index in [0.29, 0.717) is 19.6 Å². The number of hydrogen-bond donors (Lipinski definition) is 1. The van der Waals surface area contributed by atoms with Crippen molar-refractivity contribution in [2.24, 2.45) is 5.92 Å². The molecule has 0 spiro atoms. The fraction of sp³-hybridized carbons (Fsp3) is 0.478. The Morgan fingerprint density at radius 2 is 2.00 bits per heavy atom. The minimum Gasteiger partial charge on any atom is -0.467 e. The van der Waals surface area contributed by atoms with Crippen LogP contribution in [0.1, 0.15) is 37.2 Å². The summed E-state index contributed by atoms with van der Waals surface area (Å²) in [5, 5.41) is 3.10. The third kappa shape index (κ3) is 4.37. The van der Waals surface area contributed by atoms with E-state index in [0.717, 1.165) is 25.3 Å². The summed E-state index contributed by atoms with van der Waals surface area (Å²) in [6.07, 6.45) is 2.90. The van der Waals surface area contributed by atoms with E-state index in [2.05, 4.69) is 48.3 Å². The molecule has 1 fully saturated rings. The largest absolute Gasteiger partial charge is 0.467 e. The van der Waals surface area contributed by atoms with Crippen LogP contribution in [0.2, 0.25) is 0 Å². The van der Waals surface area contributed by atoms with Gasteiger partial charge in [-0.15, -0.1) is 0 Å². The summed E-state index contributed by atoms with van der Waals surface area (Å²) < 4.78 is 5.32. The van der Waals surface area contributed by atoms with Gasteiger partial charge >= 0.3 is 0 Å². The molecule has 2 aliphatic rings. The summed E-state index contributed by atoms with van der Waals surface area (Å²) in [7, 11) is 0. The number of benzene rings is 1. The summed E-state index contributed by atoms with van der Waals surface area (Å²) >= 11 is 0. The Morgan fingerprint density at radius 3 is 2.76 bits per heavy atom. The van der Waals surface area contributed by atoms with Crippen molar-refractivity contribution in [1.29, 1.82) is 0 Å². The molecule has 1 atom stereocenters. The highest BCUT2D eigenvalue weighted by Crippen LogP contribution is 2.25. The average Bonchev–Trinajstić information content (AvgIpc) is 3.36. The average molecular weight is 396 g/mol. The molecule has 6 nitrogen and oxygen atoms in total. The van der Waals surface area contributed by atoms with Gasteiger partial charge in [0.15, 0.2) is 0 Å². The van der Waals surface area contributed by atoms with Gasteiger partial charge in [-0.2, -0.15) is 0 Å². The van der Waals surface area contributed by atoms with Crippen LogP contribution in [0.25, 0.3) is 0 Å². The maximum Gasteiger partial charge on any atom is 0.225 e. The van der Waals surface area contributed by atoms with Crippen LogP contribution in [0, 0.1) is 5.92 Å². The van der Waals surface area contributed by atoms with E-state index < -0.39 is 0 Å². The number of carbonyl (C=O) groups excluding carboxylic acids is 2. The fourth-order valence-corrected chi connectivity index (χ4v) is 4.26. The molecule has 3 heterocycles. The standard InChI is InChI=1S/C23H29N3O3/c1-23(2,26-10-9-17-6-3-4-7-18(17)14-26)16-24-22(28)19-12-21(27)25(13-19)15-20-8-5-11-29-20/h3-8,11,19H,9-10,12-16H2,1-2H3,(H,24,28). The molecule has 2 amide bonds. The zero-order valence-corrected chi connectivity index (χ0v) is 17.2. The van der Waals surface area contributed by atoms with Gasteiger partial charge in [0.05, 0.1) is 18.7 Å². The first-order valence-corrected chi connectivity index (χ1v) is 10.3. The SMILES string of the molecule is CC(C)(CNC(=O)C1CC(=O)N(Cc2ccco2)C1)N1CCc2ccccc2C1. The van der Waals surface area contributed by atoms with E-state index >= 15 is 0 Å². The second-order valence-corrected chi connectivity index (χ2v) is 8.73. The Labute approximate surface area is 171 Å². The number of nitrogens with one attached hydrogen (secondary N) is 1. The monoisotopic (exact) mass is 395 g/mol. The first kappa shape index (κ1) is 19.7. The van der Waals surface area contributed by atoms with Gasteiger partial charge in [-0.05, 0) is 43.5 Å². The third-order valence-corrected chi connectivity index (χ3v) is 6.19. The zero-order valence-electron chi connectivity index (χ0n) is 17.2. The van der Waals surface area contributed by atoms with Gasteiger partial charge in [-0.25, -0.2) is 0 Å². The van der Waals surface area contributed by atoms with Crippen molar-refractivity contribution < 1.29 is 14.0 Å². The highest BCUT2D eigenvalue weighted by atomic mass is 16.3. The third-order valence-electron chi connectivity index (χ3n) is 6.19. The molecular formula is C23H29N3O3. The van der Waals surface area contributed by atoms with Gasteiger partial charge in [0, 0.05) is 38.1 Å². The number of nitrogens with zero attached hydrogens (tertiary/aromatic N) is 2. The molecule has 0 radical (unpaired) electrons. The molecule has 1 unspecified atom stereocenters. The normalized spacial score (nSPS) is 20.0. The maximum atomic E-state index is 12.7. The number of carbonyl (C=O) groups is 2. The molecule has 154 valence electrons. The Kier molecular flexibility index (Phi) is 5.46. The summed E-state index contributed by atoms with van der Waals surface area (Å²) in [4.78, 5) is 29.1. The van der Waals surface area contributed by atoms with E-state index in [9.17, 15) is 9.59 Å². The van der Waals surface area contributed by atoms with Crippen molar-refractivity contribution in [3.05, 3.63) is 59.5 Å². The second kappa shape index (κ2) is 8.03. The summed E-state index contributed by atoms with van der Waals surface area (Å²) in [5.74, 6) is 0.417. The van der Waals surface area contributed by atoms with E-state index in [-0.39, 0.29) is 29.7 Å². The van der Waals surface area contributed by atoms with E-state index in [4.69, 9.17) is 4.42 Å². The predicted octanol–water partition coefficient (Wildman–Crippen LogP) is 2.58. The Balaban J connectivity index is 1.30. The minimum absolute atomic E-state index is 0.00782. The first-order valence-electron chi connectivity index (χ1n) is 10.3. The van der Waals surface area contributed by atoms with E-state index in [1.807, 2.05) is 6.07 Å². The second-order valence-electron chi connectivity index (χ2n) is 8.73. The van der Waals surface area contributed by atoms with E-state index in [1.54, 1.807) is 17.2 Å². The van der Waals surface area contributed by atoms with Crippen molar-refractivity contribution in [1.82, 2.24) is 15.1 Å². The molecule has 4 rings (SSSR count). The lowest BCUT2D eigenvalue weighted by Gasteiger charge is -2.41. The summed E-state index contributed by atoms with van der Waals surface area (Å²) in [5.41, 5.74) is 2.64. The molecule has 1 saturated heterocycles. The van der Waals surface area contributed by atoms with Crippen LogP contribution in [0.4, 0.5) is 0 Å². The van der Waals surface area contributed by atoms with E-state index in [1.165, 1.54) is 11.1 Å². The molecular weight excluding hydrogens is 366 g/mol. The van der Waals surface area contributed by atoms with Crippen LogP contribution in [0.15, 0.2) is 47.1 Å². The van der Waals surface area contributed by atoms with Crippen molar-refractivity contribution in [3.8, 4) is 0 Å². The Bertz CT molecular complexity index is 875. The Hall–Kier alpha value is -2.60. The quantitative estimate of drug-likeness (QED) is 0.817. The van der Waals surface area contributed by atoms with Crippen LogP contribution in [-0.4, -0.2) is 46.8 Å². The number of fused-ring (bicyclic) bond motifs is 1. The fourth-order valence-electron chi connectivity index (χ4n) is 4.26. The van der Waals surface area contributed by atoms with Gasteiger partial charge < -0.3 is 14.6 Å². The molecule has 1 N–H and O–H groups in total. The zero-order chi connectivity index (χ0) is 20.4. The lowest BCUT2D eigenvalue weighted by atomic mass is 9.94. The van der Waals surface area contributed by atoms with Gasteiger partial charge in [0.1, 0.15) is 5.76 Å². The summed E-state index contributed by atoms with van der Waals surface area (Å²) in [6.45, 7) is 7.67. The first-order chi connectivity index (χ1) is 13.9. The van der Waals surface area contributed by atoms with Crippen LogP contribution in [-0.2, 0) is 29.1 Å².